The van der Waals surface area contributed by atoms with E-state index >= 15 is 0 Å². The first-order valence-corrected chi connectivity index (χ1v) is 6.64. The number of amides is 1. The van der Waals surface area contributed by atoms with E-state index in [4.69, 9.17) is 5.73 Å². The Labute approximate surface area is 131 Å². The molecule has 0 fully saturated rings. The quantitative estimate of drug-likeness (QED) is 0.912. The lowest BCUT2D eigenvalue weighted by atomic mass is 10.0. The van der Waals surface area contributed by atoms with E-state index in [1.807, 2.05) is 12.1 Å². The van der Waals surface area contributed by atoms with E-state index in [0.717, 1.165) is 5.56 Å². The molecule has 0 bridgehead atoms. The zero-order valence-electron chi connectivity index (χ0n) is 12.2. The van der Waals surface area contributed by atoms with Crippen molar-refractivity contribution in [3.05, 3.63) is 59.4 Å². The first-order chi connectivity index (χ1) is 9.58. The van der Waals surface area contributed by atoms with Crippen LogP contribution in [0.3, 0.4) is 0 Å². The highest BCUT2D eigenvalue weighted by molar-refractivity contribution is 5.98. The minimum atomic E-state index is -0.205. The summed E-state index contributed by atoms with van der Waals surface area (Å²) in [4.78, 5) is 15.9. The lowest BCUT2D eigenvalue weighted by molar-refractivity contribution is 0.0951. The van der Waals surface area contributed by atoms with E-state index in [-0.39, 0.29) is 18.3 Å². The molecule has 0 aliphatic carbocycles. The van der Waals surface area contributed by atoms with Crippen molar-refractivity contribution in [1.29, 1.82) is 0 Å². The second-order valence-electron chi connectivity index (χ2n) is 5.04. The molecular weight excluding hydrogens is 286 g/mol. The highest BCUT2D eigenvalue weighted by Crippen LogP contribution is 2.15. The number of nitrogens with one attached hydrogen (secondary N) is 1. The van der Waals surface area contributed by atoms with Gasteiger partial charge in [-0.3, -0.25) is 9.78 Å². The van der Waals surface area contributed by atoms with Gasteiger partial charge in [-0.05, 0) is 23.1 Å². The smallest absolute Gasteiger partial charge is 0.255 e. The molecule has 0 atom stereocenters. The van der Waals surface area contributed by atoms with Crippen LogP contribution >= 0.6 is 12.4 Å². The molecule has 0 aliphatic heterocycles. The van der Waals surface area contributed by atoms with Crippen molar-refractivity contribution in [3.8, 4) is 0 Å². The summed E-state index contributed by atoms with van der Waals surface area (Å²) in [6.07, 6.45) is 3.04. The van der Waals surface area contributed by atoms with Gasteiger partial charge in [0.05, 0.1) is 5.56 Å². The summed E-state index contributed by atoms with van der Waals surface area (Å²) in [6, 6.07) is 9.85. The van der Waals surface area contributed by atoms with E-state index < -0.39 is 0 Å². The third kappa shape index (κ3) is 4.46. The number of nitrogens with two attached hydrogens (primary N) is 1. The maximum absolute atomic E-state index is 12.0. The van der Waals surface area contributed by atoms with Gasteiger partial charge in [0.15, 0.2) is 0 Å². The average molecular weight is 306 g/mol. The summed E-state index contributed by atoms with van der Waals surface area (Å²) in [6.45, 7) is 4.79. The van der Waals surface area contributed by atoms with E-state index in [2.05, 4.69) is 36.3 Å². The minimum Gasteiger partial charge on any atom is -0.398 e. The lowest BCUT2D eigenvalue weighted by Gasteiger charge is -2.09. The Morgan fingerprint density at radius 3 is 2.48 bits per heavy atom. The second-order valence-corrected chi connectivity index (χ2v) is 5.04. The summed E-state index contributed by atoms with van der Waals surface area (Å²) in [7, 11) is 0. The Morgan fingerprint density at radius 1 is 1.24 bits per heavy atom. The van der Waals surface area contributed by atoms with Gasteiger partial charge in [-0.1, -0.05) is 38.1 Å². The molecule has 2 rings (SSSR count). The molecule has 0 aliphatic rings. The second kappa shape index (κ2) is 7.64. The molecule has 1 aromatic heterocycles. The number of pyridine rings is 1. The zero-order chi connectivity index (χ0) is 14.5. The van der Waals surface area contributed by atoms with Gasteiger partial charge >= 0.3 is 0 Å². The van der Waals surface area contributed by atoms with E-state index in [9.17, 15) is 4.79 Å². The van der Waals surface area contributed by atoms with Crippen LogP contribution in [0.4, 0.5) is 5.69 Å². The van der Waals surface area contributed by atoms with E-state index in [0.29, 0.717) is 23.7 Å². The number of halogens is 1. The Morgan fingerprint density at radius 2 is 1.90 bits per heavy atom. The summed E-state index contributed by atoms with van der Waals surface area (Å²) in [5.41, 5.74) is 8.94. The van der Waals surface area contributed by atoms with Crippen LogP contribution in [0.2, 0.25) is 0 Å². The number of nitrogen functional groups attached to an aromatic ring is 1. The third-order valence-electron chi connectivity index (χ3n) is 3.20. The number of nitrogens with zero attached hydrogens (tertiary/aromatic N) is 1. The molecule has 1 aromatic carbocycles. The molecule has 0 unspecified atom stereocenters. The number of rotatable bonds is 4. The zero-order valence-corrected chi connectivity index (χ0v) is 13.0. The summed E-state index contributed by atoms with van der Waals surface area (Å²) in [5, 5.41) is 2.85. The number of aromatic nitrogens is 1. The third-order valence-corrected chi connectivity index (χ3v) is 3.20. The van der Waals surface area contributed by atoms with Crippen LogP contribution in [0.25, 0.3) is 0 Å². The number of carbonyl (C=O) groups excluding carboxylic acids is 1. The van der Waals surface area contributed by atoms with Crippen molar-refractivity contribution in [3.63, 3.8) is 0 Å². The van der Waals surface area contributed by atoms with Crippen LogP contribution in [-0.2, 0) is 6.54 Å². The molecule has 0 saturated heterocycles. The minimum absolute atomic E-state index is 0. The molecule has 5 heteroatoms. The standard InChI is InChI=1S/C16H19N3O.ClH/c1-11(2)13-5-3-12(4-6-13)9-19-16(20)14-10-18-8-7-15(14)17;/h3-8,10-11H,9H2,1-2H3,(H2,17,18)(H,19,20);1H. The maximum Gasteiger partial charge on any atom is 0.255 e. The Balaban J connectivity index is 0.00000220. The molecule has 3 N–H and O–H groups in total. The van der Waals surface area contributed by atoms with Crippen molar-refractivity contribution in [1.82, 2.24) is 10.3 Å². The van der Waals surface area contributed by atoms with Crippen molar-refractivity contribution in [2.45, 2.75) is 26.3 Å². The highest BCUT2D eigenvalue weighted by Gasteiger charge is 2.09. The molecule has 2 aromatic rings. The van der Waals surface area contributed by atoms with Gasteiger partial charge in [-0.25, -0.2) is 0 Å². The van der Waals surface area contributed by atoms with Crippen LogP contribution in [-0.4, -0.2) is 10.9 Å². The number of anilines is 1. The van der Waals surface area contributed by atoms with Crippen LogP contribution in [0.5, 0.6) is 0 Å². The molecule has 4 nitrogen and oxygen atoms in total. The fourth-order valence-electron chi connectivity index (χ4n) is 1.89. The number of benzene rings is 1. The van der Waals surface area contributed by atoms with Gasteiger partial charge in [0.2, 0.25) is 0 Å². The SMILES string of the molecule is CC(C)c1ccc(CNC(=O)c2cnccc2N)cc1.Cl. The van der Waals surface area contributed by atoms with Gasteiger partial charge in [0, 0.05) is 24.6 Å². The summed E-state index contributed by atoms with van der Waals surface area (Å²) in [5.74, 6) is 0.303. The average Bonchev–Trinajstić information content (AvgIpc) is 2.45. The van der Waals surface area contributed by atoms with Crippen LogP contribution < -0.4 is 11.1 Å². The molecule has 1 amide bonds. The Bertz CT molecular complexity index is 597. The van der Waals surface area contributed by atoms with Crippen molar-refractivity contribution in [2.24, 2.45) is 0 Å². The maximum atomic E-state index is 12.0. The predicted molar refractivity (Wildman–Crippen MR) is 87.6 cm³/mol. The molecule has 21 heavy (non-hydrogen) atoms. The molecule has 112 valence electrons. The normalized spacial score (nSPS) is 10.0. The van der Waals surface area contributed by atoms with Gasteiger partial charge < -0.3 is 11.1 Å². The van der Waals surface area contributed by atoms with Gasteiger partial charge in [0.1, 0.15) is 0 Å². The first-order valence-electron chi connectivity index (χ1n) is 6.64. The summed E-state index contributed by atoms with van der Waals surface area (Å²) < 4.78 is 0. The van der Waals surface area contributed by atoms with Crippen molar-refractivity contribution < 1.29 is 4.79 Å². The summed E-state index contributed by atoms with van der Waals surface area (Å²) >= 11 is 0. The molecule has 0 radical (unpaired) electrons. The molecule has 0 saturated carbocycles. The largest absolute Gasteiger partial charge is 0.398 e. The van der Waals surface area contributed by atoms with Crippen LogP contribution in [0, 0.1) is 0 Å². The lowest BCUT2D eigenvalue weighted by Crippen LogP contribution is -2.23. The number of hydrogen-bond donors (Lipinski definition) is 2. The number of carbonyl (C=O) groups is 1. The van der Waals surface area contributed by atoms with E-state index in [1.165, 1.54) is 11.8 Å². The Kier molecular flexibility index (Phi) is 6.18. The van der Waals surface area contributed by atoms with Gasteiger partial charge in [-0.15, -0.1) is 12.4 Å². The fraction of sp³-hybridized carbons (Fsp3) is 0.250. The van der Waals surface area contributed by atoms with Crippen molar-refractivity contribution >= 4 is 24.0 Å². The first kappa shape index (κ1) is 17.0. The van der Waals surface area contributed by atoms with Crippen LogP contribution in [0.15, 0.2) is 42.7 Å². The van der Waals surface area contributed by atoms with Crippen molar-refractivity contribution in [2.75, 3.05) is 5.73 Å². The monoisotopic (exact) mass is 305 g/mol. The van der Waals surface area contributed by atoms with Crippen LogP contribution in [0.1, 0.15) is 41.3 Å². The predicted octanol–water partition coefficient (Wildman–Crippen LogP) is 3.14. The van der Waals surface area contributed by atoms with Gasteiger partial charge in [-0.2, -0.15) is 0 Å². The fourth-order valence-corrected chi connectivity index (χ4v) is 1.89. The van der Waals surface area contributed by atoms with Gasteiger partial charge in [0.25, 0.3) is 5.91 Å². The molecule has 1 heterocycles. The molecule has 0 spiro atoms. The Hall–Kier alpha value is -2.07. The van der Waals surface area contributed by atoms with E-state index in [1.54, 1.807) is 12.3 Å². The highest BCUT2D eigenvalue weighted by atomic mass is 35.5. The number of hydrogen-bond acceptors (Lipinski definition) is 3. The molecular formula is C16H20ClN3O. The topological polar surface area (TPSA) is 68.0 Å².